The Bertz CT molecular complexity index is 398. The second-order valence-corrected chi connectivity index (χ2v) is 6.19. The molecule has 4 heteroatoms. The molecule has 3 nitrogen and oxygen atoms in total. The fourth-order valence-electron chi connectivity index (χ4n) is 2.71. The van der Waals surface area contributed by atoms with E-state index in [4.69, 9.17) is 0 Å². The predicted octanol–water partition coefficient (Wildman–Crippen LogP) is 2.56. The van der Waals surface area contributed by atoms with E-state index in [2.05, 4.69) is 37.2 Å². The first-order valence-corrected chi connectivity index (χ1v) is 7.69. The summed E-state index contributed by atoms with van der Waals surface area (Å²) in [7, 11) is 0. The monoisotopic (exact) mass is 309 g/mol. The Hall–Kier alpha value is -0.450. The second kappa shape index (κ2) is 5.68. The molecule has 2 heterocycles. The largest absolute Gasteiger partial charge is 0.308 e. The van der Waals surface area contributed by atoms with Crippen LogP contribution in [-0.2, 0) is 6.54 Å². The first-order valence-electron chi connectivity index (χ1n) is 6.90. The minimum atomic E-state index is 0.667. The van der Waals surface area contributed by atoms with Crippen molar-refractivity contribution in [1.29, 1.82) is 0 Å². The van der Waals surface area contributed by atoms with Gasteiger partial charge in [0.15, 0.2) is 0 Å². The third-order valence-electron chi connectivity index (χ3n) is 3.94. The normalized spacial score (nSPS) is 22.3. The number of pyridine rings is 1. The molecule has 0 atom stereocenters. The van der Waals surface area contributed by atoms with Crippen molar-refractivity contribution in [1.82, 2.24) is 15.2 Å². The highest BCUT2D eigenvalue weighted by Gasteiger charge is 2.31. The van der Waals surface area contributed by atoms with Gasteiger partial charge in [-0.1, -0.05) is 6.07 Å². The van der Waals surface area contributed by atoms with Crippen LogP contribution in [0, 0.1) is 0 Å². The van der Waals surface area contributed by atoms with Crippen LogP contribution in [0.15, 0.2) is 22.8 Å². The molecule has 1 N–H and O–H groups in total. The van der Waals surface area contributed by atoms with Gasteiger partial charge in [0.1, 0.15) is 4.60 Å². The van der Waals surface area contributed by atoms with Crippen molar-refractivity contribution in [2.45, 2.75) is 44.3 Å². The van der Waals surface area contributed by atoms with E-state index < -0.39 is 0 Å². The summed E-state index contributed by atoms with van der Waals surface area (Å²) in [5.74, 6) is 0. The molecule has 2 aliphatic rings. The Balaban J connectivity index is 1.43. The molecule has 0 bridgehead atoms. The van der Waals surface area contributed by atoms with Crippen LogP contribution >= 0.6 is 15.9 Å². The Morgan fingerprint density at radius 1 is 1.22 bits per heavy atom. The van der Waals surface area contributed by atoms with Crippen LogP contribution in [0.5, 0.6) is 0 Å². The van der Waals surface area contributed by atoms with Crippen LogP contribution in [0.4, 0.5) is 0 Å². The highest BCUT2D eigenvalue weighted by atomic mass is 79.9. The number of likely N-dealkylation sites (tertiary alicyclic amines) is 1. The van der Waals surface area contributed by atoms with Gasteiger partial charge in [-0.05, 0) is 66.8 Å². The molecule has 0 radical (unpaired) electrons. The molecule has 1 aliphatic heterocycles. The zero-order valence-corrected chi connectivity index (χ0v) is 12.2. The van der Waals surface area contributed by atoms with Crippen molar-refractivity contribution >= 4 is 15.9 Å². The van der Waals surface area contributed by atoms with Crippen LogP contribution < -0.4 is 5.32 Å². The van der Waals surface area contributed by atoms with Crippen LogP contribution in [0.1, 0.15) is 31.4 Å². The lowest BCUT2D eigenvalue weighted by Crippen LogP contribution is -2.43. The van der Waals surface area contributed by atoms with Gasteiger partial charge in [0, 0.05) is 18.6 Å². The maximum Gasteiger partial charge on any atom is 0.106 e. The topological polar surface area (TPSA) is 28.2 Å². The van der Waals surface area contributed by atoms with Crippen molar-refractivity contribution in [3.63, 3.8) is 0 Å². The fourth-order valence-corrected chi connectivity index (χ4v) is 3.09. The summed E-state index contributed by atoms with van der Waals surface area (Å²) in [6, 6.07) is 7.69. The summed E-state index contributed by atoms with van der Waals surface area (Å²) < 4.78 is 0.922. The highest BCUT2D eigenvalue weighted by Crippen LogP contribution is 2.29. The third kappa shape index (κ3) is 3.31. The summed E-state index contributed by atoms with van der Waals surface area (Å²) in [6.45, 7) is 3.43. The van der Waals surface area contributed by atoms with Gasteiger partial charge in [-0.25, -0.2) is 4.98 Å². The van der Waals surface area contributed by atoms with Crippen molar-refractivity contribution in [2.24, 2.45) is 0 Å². The molecule has 1 aromatic rings. The first kappa shape index (κ1) is 12.6. The molecular weight excluding hydrogens is 290 g/mol. The summed E-state index contributed by atoms with van der Waals surface area (Å²) in [5, 5.41) is 3.63. The third-order valence-corrected chi connectivity index (χ3v) is 4.38. The molecule has 1 saturated carbocycles. The average molecular weight is 310 g/mol. The molecule has 18 heavy (non-hydrogen) atoms. The second-order valence-electron chi connectivity index (χ2n) is 5.37. The quantitative estimate of drug-likeness (QED) is 0.866. The van der Waals surface area contributed by atoms with Gasteiger partial charge in [-0.3, -0.25) is 0 Å². The Kier molecular flexibility index (Phi) is 3.97. The summed E-state index contributed by atoms with van der Waals surface area (Å²) in [4.78, 5) is 7.12. The lowest BCUT2D eigenvalue weighted by Gasteiger charge is -2.32. The highest BCUT2D eigenvalue weighted by molar-refractivity contribution is 9.10. The van der Waals surface area contributed by atoms with Gasteiger partial charge >= 0.3 is 0 Å². The van der Waals surface area contributed by atoms with Crippen molar-refractivity contribution in [3.8, 4) is 0 Å². The summed E-state index contributed by atoms with van der Waals surface area (Å²) >= 11 is 3.41. The zero-order valence-electron chi connectivity index (χ0n) is 10.6. The lowest BCUT2D eigenvalue weighted by atomic mass is 10.0. The number of nitrogens with zero attached hydrogens (tertiary/aromatic N) is 2. The Morgan fingerprint density at radius 2 is 2.00 bits per heavy atom. The Labute approximate surface area is 117 Å². The number of piperidine rings is 1. The first-order chi connectivity index (χ1) is 8.81. The number of aromatic nitrogens is 1. The molecule has 0 amide bonds. The van der Waals surface area contributed by atoms with E-state index in [0.29, 0.717) is 6.04 Å². The Morgan fingerprint density at radius 3 is 2.67 bits per heavy atom. The van der Waals surface area contributed by atoms with E-state index in [0.717, 1.165) is 22.9 Å². The van der Waals surface area contributed by atoms with Crippen LogP contribution in [0.2, 0.25) is 0 Å². The van der Waals surface area contributed by atoms with Crippen molar-refractivity contribution in [3.05, 3.63) is 28.5 Å². The molecule has 0 spiro atoms. The standard InChI is InChI=1S/C14H20BrN3/c15-14-3-1-2-12(17-14)10-16-11-6-8-18(9-7-11)13-4-5-13/h1-3,11,13,16H,4-10H2. The van der Waals surface area contributed by atoms with Gasteiger partial charge in [0.05, 0.1) is 5.69 Å². The van der Waals surface area contributed by atoms with E-state index in [1.54, 1.807) is 0 Å². The van der Waals surface area contributed by atoms with E-state index in [-0.39, 0.29) is 0 Å². The van der Waals surface area contributed by atoms with Crippen LogP contribution in [0.25, 0.3) is 0 Å². The number of nitrogens with one attached hydrogen (secondary N) is 1. The molecule has 0 aromatic carbocycles. The van der Waals surface area contributed by atoms with Crippen LogP contribution in [0.3, 0.4) is 0 Å². The minimum Gasteiger partial charge on any atom is -0.308 e. The lowest BCUT2D eigenvalue weighted by molar-refractivity contribution is 0.189. The number of halogens is 1. The summed E-state index contributed by atoms with van der Waals surface area (Å²) in [5.41, 5.74) is 1.12. The van der Waals surface area contributed by atoms with E-state index in [1.807, 2.05) is 12.1 Å². The van der Waals surface area contributed by atoms with Crippen LogP contribution in [-0.4, -0.2) is 35.1 Å². The van der Waals surface area contributed by atoms with Crippen molar-refractivity contribution < 1.29 is 0 Å². The van der Waals surface area contributed by atoms with Gasteiger partial charge in [0.2, 0.25) is 0 Å². The number of rotatable bonds is 4. The SMILES string of the molecule is Brc1cccc(CNC2CCN(C3CC3)CC2)n1. The predicted molar refractivity (Wildman–Crippen MR) is 76.4 cm³/mol. The smallest absolute Gasteiger partial charge is 0.106 e. The molecular formula is C14H20BrN3. The molecule has 1 saturated heterocycles. The van der Waals surface area contributed by atoms with Gasteiger partial charge in [0.25, 0.3) is 0 Å². The molecule has 0 unspecified atom stereocenters. The van der Waals surface area contributed by atoms with E-state index >= 15 is 0 Å². The molecule has 3 rings (SSSR count). The molecule has 1 aromatic heterocycles. The van der Waals surface area contributed by atoms with E-state index in [9.17, 15) is 0 Å². The van der Waals surface area contributed by atoms with Crippen molar-refractivity contribution in [2.75, 3.05) is 13.1 Å². The van der Waals surface area contributed by atoms with Gasteiger partial charge in [-0.15, -0.1) is 0 Å². The average Bonchev–Trinajstić information content (AvgIpc) is 3.21. The van der Waals surface area contributed by atoms with Gasteiger partial charge in [-0.2, -0.15) is 0 Å². The molecule has 1 aliphatic carbocycles. The zero-order chi connectivity index (χ0) is 12.4. The van der Waals surface area contributed by atoms with Gasteiger partial charge < -0.3 is 10.2 Å². The minimum absolute atomic E-state index is 0.667. The summed E-state index contributed by atoms with van der Waals surface area (Å²) in [6.07, 6.45) is 5.43. The van der Waals surface area contributed by atoms with E-state index in [1.165, 1.54) is 38.8 Å². The number of hydrogen-bond donors (Lipinski definition) is 1. The fraction of sp³-hybridized carbons (Fsp3) is 0.643. The molecule has 2 fully saturated rings. The maximum atomic E-state index is 4.45. The molecule has 98 valence electrons. The number of hydrogen-bond acceptors (Lipinski definition) is 3. The maximum absolute atomic E-state index is 4.45.